The van der Waals surface area contributed by atoms with E-state index in [1.165, 1.54) is 39.2 Å². The lowest BCUT2D eigenvalue weighted by molar-refractivity contribution is -0.153. The number of ketones is 1. The van der Waals surface area contributed by atoms with Gasteiger partial charge in [0.1, 0.15) is 5.78 Å². The van der Waals surface area contributed by atoms with Crippen molar-refractivity contribution in [3.05, 3.63) is 0 Å². The highest BCUT2D eigenvalue weighted by molar-refractivity contribution is 5.84. The molecular weight excluding hydrogens is 452 g/mol. The number of ether oxygens (including phenoxy) is 1. The van der Waals surface area contributed by atoms with E-state index in [4.69, 9.17) is 0 Å². The average Bonchev–Trinajstić information content (AvgIpc) is 3.20. The van der Waals surface area contributed by atoms with Gasteiger partial charge in [-0.15, -0.1) is 0 Å². The van der Waals surface area contributed by atoms with Crippen LogP contribution in [0.15, 0.2) is 0 Å². The van der Waals surface area contributed by atoms with Crippen LogP contribution in [0, 0.1) is 29.1 Å². The van der Waals surface area contributed by atoms with E-state index in [1.807, 2.05) is 0 Å². The first-order valence-corrected chi connectivity index (χ1v) is 14.8. The summed E-state index contributed by atoms with van der Waals surface area (Å²) in [7, 11) is 1.43. The summed E-state index contributed by atoms with van der Waals surface area (Å²) in [5, 5.41) is 3.30. The third-order valence-electron chi connectivity index (χ3n) is 11.2. The summed E-state index contributed by atoms with van der Waals surface area (Å²) in [6.45, 7) is 9.01. The van der Waals surface area contributed by atoms with Crippen molar-refractivity contribution < 1.29 is 19.1 Å². The van der Waals surface area contributed by atoms with Crippen LogP contribution in [-0.2, 0) is 19.1 Å². The molecule has 0 radical (unpaired) electrons. The van der Waals surface area contributed by atoms with Crippen molar-refractivity contribution in [1.29, 1.82) is 0 Å². The first kappa shape index (κ1) is 27.6. The standard InChI is InChI=1S/C30H50N2O4/c1-21-26(33)15-18-30(3)25-14-17-29(2)22(12-13-24(29)23(25)16-19-32(21)30)20-31-27(34)10-8-6-5-7-9-11-28(35)36-4/h21-25H,5-20H2,1-4H3,(H,31,34)/t21?,22?,23-,24-,25+,29+,30+/m0/s1. The Morgan fingerprint density at radius 3 is 2.44 bits per heavy atom. The fraction of sp³-hybridized carbons (Fsp3) is 0.900. The summed E-state index contributed by atoms with van der Waals surface area (Å²) >= 11 is 0. The van der Waals surface area contributed by atoms with E-state index in [0.29, 0.717) is 35.9 Å². The molecule has 0 aromatic rings. The Labute approximate surface area is 218 Å². The van der Waals surface area contributed by atoms with E-state index in [0.717, 1.165) is 69.9 Å². The van der Waals surface area contributed by atoms with Gasteiger partial charge in [-0.05, 0) is 101 Å². The molecule has 2 saturated carbocycles. The molecule has 1 N–H and O–H groups in total. The molecule has 6 nitrogen and oxygen atoms in total. The highest BCUT2D eigenvalue weighted by Crippen LogP contribution is 2.63. The minimum absolute atomic E-state index is 0.0874. The molecule has 4 rings (SSSR count). The van der Waals surface area contributed by atoms with Gasteiger partial charge in [0.2, 0.25) is 5.91 Å². The van der Waals surface area contributed by atoms with Crippen LogP contribution in [0.1, 0.15) is 111 Å². The lowest BCUT2D eigenvalue weighted by Crippen LogP contribution is -2.67. The Kier molecular flexibility index (Phi) is 8.84. The number of carbonyl (C=O) groups excluding carboxylic acids is 3. The molecule has 2 unspecified atom stereocenters. The second-order valence-corrected chi connectivity index (χ2v) is 12.8. The van der Waals surface area contributed by atoms with Crippen molar-refractivity contribution in [3.8, 4) is 0 Å². The number of nitrogens with zero attached hydrogens (tertiary/aromatic N) is 1. The van der Waals surface area contributed by atoms with Crippen LogP contribution in [0.3, 0.4) is 0 Å². The second kappa shape index (κ2) is 11.5. The zero-order valence-electron chi connectivity index (χ0n) is 23.3. The summed E-state index contributed by atoms with van der Waals surface area (Å²) in [5.74, 6) is 3.32. The summed E-state index contributed by atoms with van der Waals surface area (Å²) in [6, 6.07) is 0.0874. The molecule has 0 spiro atoms. The lowest BCUT2D eigenvalue weighted by atomic mass is 9.51. The summed E-state index contributed by atoms with van der Waals surface area (Å²) < 4.78 is 4.67. The number of hydrogen-bond donors (Lipinski definition) is 1. The number of Topliss-reactive ketones (excluding diaryl/α,β-unsaturated/α-hetero) is 1. The molecule has 36 heavy (non-hydrogen) atoms. The predicted molar refractivity (Wildman–Crippen MR) is 141 cm³/mol. The van der Waals surface area contributed by atoms with Gasteiger partial charge in [0.25, 0.3) is 0 Å². The Bertz CT molecular complexity index is 815. The Morgan fingerprint density at radius 1 is 0.972 bits per heavy atom. The van der Waals surface area contributed by atoms with Crippen molar-refractivity contribution in [2.75, 3.05) is 20.2 Å². The number of esters is 1. The van der Waals surface area contributed by atoms with Gasteiger partial charge in [-0.1, -0.05) is 26.2 Å². The molecule has 0 aromatic carbocycles. The molecule has 4 aliphatic rings. The van der Waals surface area contributed by atoms with Crippen molar-refractivity contribution in [1.82, 2.24) is 10.2 Å². The molecule has 1 amide bonds. The smallest absolute Gasteiger partial charge is 0.305 e. The van der Waals surface area contributed by atoms with E-state index >= 15 is 0 Å². The largest absolute Gasteiger partial charge is 0.469 e. The summed E-state index contributed by atoms with van der Waals surface area (Å²) in [5.41, 5.74) is 0.520. The SMILES string of the molecule is COC(=O)CCCCCCCC(=O)NCC1CC[C@H]2[C@@H]3CCN4C(C)C(=O)CC[C@]4(C)[C@@H]3CC[C@]12C. The molecule has 0 bridgehead atoms. The van der Waals surface area contributed by atoms with E-state index in [-0.39, 0.29) is 23.5 Å². The number of nitrogens with one attached hydrogen (secondary N) is 1. The number of carbonyl (C=O) groups is 3. The van der Waals surface area contributed by atoms with Crippen LogP contribution in [0.4, 0.5) is 0 Å². The van der Waals surface area contributed by atoms with Gasteiger partial charge in [0, 0.05) is 31.3 Å². The number of hydrogen-bond acceptors (Lipinski definition) is 5. The fourth-order valence-electron chi connectivity index (χ4n) is 8.90. The zero-order chi connectivity index (χ0) is 25.9. The van der Waals surface area contributed by atoms with Gasteiger partial charge >= 0.3 is 5.97 Å². The first-order valence-electron chi connectivity index (χ1n) is 14.8. The molecule has 204 valence electrons. The van der Waals surface area contributed by atoms with Gasteiger partial charge in [-0.2, -0.15) is 0 Å². The number of methoxy groups -OCH3 is 1. The molecular formula is C30H50N2O4. The first-order chi connectivity index (χ1) is 17.2. The van der Waals surface area contributed by atoms with Gasteiger partial charge < -0.3 is 10.1 Å². The van der Waals surface area contributed by atoms with Gasteiger partial charge in [0.15, 0.2) is 0 Å². The van der Waals surface area contributed by atoms with Crippen molar-refractivity contribution in [2.45, 2.75) is 122 Å². The average molecular weight is 503 g/mol. The molecule has 6 heteroatoms. The molecule has 2 aliphatic carbocycles. The van der Waals surface area contributed by atoms with Crippen molar-refractivity contribution >= 4 is 17.7 Å². The summed E-state index contributed by atoms with van der Waals surface area (Å²) in [6.07, 6.45) is 14.1. The molecule has 7 atom stereocenters. The number of rotatable bonds is 10. The third kappa shape index (κ3) is 5.39. The highest BCUT2D eigenvalue weighted by atomic mass is 16.5. The van der Waals surface area contributed by atoms with Gasteiger partial charge in [-0.25, -0.2) is 0 Å². The number of piperidine rings is 2. The third-order valence-corrected chi connectivity index (χ3v) is 11.2. The van der Waals surface area contributed by atoms with Gasteiger partial charge in [-0.3, -0.25) is 19.3 Å². The quantitative estimate of drug-likeness (QED) is 0.325. The van der Waals surface area contributed by atoms with E-state index < -0.39 is 0 Å². The minimum Gasteiger partial charge on any atom is -0.469 e. The number of amides is 1. The van der Waals surface area contributed by atoms with Crippen LogP contribution >= 0.6 is 0 Å². The molecule has 2 heterocycles. The maximum Gasteiger partial charge on any atom is 0.305 e. The van der Waals surface area contributed by atoms with E-state index in [2.05, 4.69) is 35.7 Å². The topological polar surface area (TPSA) is 75.7 Å². The normalized spacial score (nSPS) is 38.1. The van der Waals surface area contributed by atoms with Crippen LogP contribution in [-0.4, -0.2) is 54.3 Å². The Morgan fingerprint density at radius 2 is 1.69 bits per heavy atom. The highest BCUT2D eigenvalue weighted by Gasteiger charge is 2.60. The predicted octanol–water partition coefficient (Wildman–Crippen LogP) is 5.28. The monoisotopic (exact) mass is 502 g/mol. The molecule has 2 saturated heterocycles. The van der Waals surface area contributed by atoms with Crippen LogP contribution in [0.5, 0.6) is 0 Å². The van der Waals surface area contributed by atoms with Crippen LogP contribution in [0.25, 0.3) is 0 Å². The van der Waals surface area contributed by atoms with E-state index in [9.17, 15) is 14.4 Å². The maximum atomic E-state index is 12.6. The maximum absolute atomic E-state index is 12.6. The molecule has 2 aliphatic heterocycles. The zero-order valence-corrected chi connectivity index (χ0v) is 23.3. The Hall–Kier alpha value is -1.43. The fourth-order valence-corrected chi connectivity index (χ4v) is 8.90. The molecule has 0 aromatic heterocycles. The lowest BCUT2D eigenvalue weighted by Gasteiger charge is -2.62. The van der Waals surface area contributed by atoms with Crippen molar-refractivity contribution in [2.24, 2.45) is 29.1 Å². The van der Waals surface area contributed by atoms with Crippen molar-refractivity contribution in [3.63, 3.8) is 0 Å². The number of fused-ring (bicyclic) bond motifs is 5. The van der Waals surface area contributed by atoms with Gasteiger partial charge in [0.05, 0.1) is 13.2 Å². The minimum atomic E-state index is -0.134. The van der Waals surface area contributed by atoms with Crippen LogP contribution < -0.4 is 5.32 Å². The second-order valence-electron chi connectivity index (χ2n) is 12.8. The van der Waals surface area contributed by atoms with Crippen LogP contribution in [0.2, 0.25) is 0 Å². The summed E-state index contributed by atoms with van der Waals surface area (Å²) in [4.78, 5) is 38.7. The van der Waals surface area contributed by atoms with E-state index in [1.54, 1.807) is 0 Å². The molecule has 4 fully saturated rings. The number of unbranched alkanes of at least 4 members (excludes halogenated alkanes) is 4. The Balaban J connectivity index is 1.22.